The van der Waals surface area contributed by atoms with Crippen LogP contribution in [0.1, 0.15) is 36.3 Å². The Morgan fingerprint density at radius 3 is 2.90 bits per heavy atom. The molecule has 0 aliphatic carbocycles. The first-order chi connectivity index (χ1) is 9.65. The van der Waals surface area contributed by atoms with Crippen molar-refractivity contribution in [2.45, 2.75) is 39.3 Å². The van der Waals surface area contributed by atoms with Crippen LogP contribution in [0.2, 0.25) is 0 Å². The average molecular weight is 274 g/mol. The minimum atomic E-state index is -0.148. The first-order valence-electron chi connectivity index (χ1n) is 6.92. The Bertz CT molecular complexity index is 565. The molecule has 5 nitrogen and oxygen atoms in total. The summed E-state index contributed by atoms with van der Waals surface area (Å²) < 4.78 is 7.34. The molecule has 20 heavy (non-hydrogen) atoms. The van der Waals surface area contributed by atoms with E-state index in [0.29, 0.717) is 6.42 Å². The number of hydrogen-bond donors (Lipinski definition) is 1. The molecule has 0 aliphatic heterocycles. The molecule has 1 aromatic carbocycles. The Balaban J connectivity index is 2.19. The zero-order chi connectivity index (χ0) is 14.5. The minimum Gasteiger partial charge on any atom is -0.496 e. The van der Waals surface area contributed by atoms with Crippen molar-refractivity contribution in [3.63, 3.8) is 0 Å². The smallest absolute Gasteiger partial charge is 0.138 e. The second-order valence-corrected chi connectivity index (χ2v) is 4.96. The summed E-state index contributed by atoms with van der Waals surface area (Å²) in [6.07, 6.45) is 3.27. The fraction of sp³-hybridized carbons (Fsp3) is 0.467. The quantitative estimate of drug-likeness (QED) is 0.877. The number of ether oxygens (including phenoxy) is 1. The largest absolute Gasteiger partial charge is 0.496 e. The lowest BCUT2D eigenvalue weighted by atomic mass is 10.0. The van der Waals surface area contributed by atoms with E-state index < -0.39 is 0 Å². The number of aryl methyl sites for hydroxylation is 2. The van der Waals surface area contributed by atoms with Crippen molar-refractivity contribution in [3.05, 3.63) is 41.5 Å². The van der Waals surface area contributed by atoms with E-state index >= 15 is 0 Å². The monoisotopic (exact) mass is 274 g/mol. The molecule has 0 radical (unpaired) electrons. The van der Waals surface area contributed by atoms with Crippen LogP contribution in [0.4, 0.5) is 0 Å². The highest BCUT2D eigenvalue weighted by Crippen LogP contribution is 2.26. The Morgan fingerprint density at radius 2 is 2.20 bits per heavy atom. The van der Waals surface area contributed by atoms with Crippen LogP contribution in [0.15, 0.2) is 24.5 Å². The molecule has 0 fully saturated rings. The zero-order valence-electron chi connectivity index (χ0n) is 12.3. The molecule has 2 N–H and O–H groups in total. The summed E-state index contributed by atoms with van der Waals surface area (Å²) in [5.41, 5.74) is 8.48. The van der Waals surface area contributed by atoms with Gasteiger partial charge in [0.1, 0.15) is 17.9 Å². The molecule has 0 bridgehead atoms. The van der Waals surface area contributed by atoms with Crippen molar-refractivity contribution in [1.29, 1.82) is 0 Å². The van der Waals surface area contributed by atoms with E-state index in [1.54, 1.807) is 13.4 Å². The van der Waals surface area contributed by atoms with Gasteiger partial charge in [-0.3, -0.25) is 4.68 Å². The summed E-state index contributed by atoms with van der Waals surface area (Å²) in [7, 11) is 1.67. The van der Waals surface area contributed by atoms with Gasteiger partial charge in [0.2, 0.25) is 0 Å². The number of aromatic nitrogens is 3. The second kappa shape index (κ2) is 6.52. The summed E-state index contributed by atoms with van der Waals surface area (Å²) in [5, 5.41) is 4.23. The average Bonchev–Trinajstić information content (AvgIpc) is 2.86. The van der Waals surface area contributed by atoms with Crippen molar-refractivity contribution >= 4 is 0 Å². The molecule has 2 aromatic rings. The SMILES string of the molecule is CCCn1ncnc1CC(N)c1ccc(C)cc1OC. The highest BCUT2D eigenvalue weighted by atomic mass is 16.5. The van der Waals surface area contributed by atoms with Crippen LogP contribution in [-0.2, 0) is 13.0 Å². The van der Waals surface area contributed by atoms with Crippen LogP contribution in [0.25, 0.3) is 0 Å². The number of methoxy groups -OCH3 is 1. The Hall–Kier alpha value is -1.88. The van der Waals surface area contributed by atoms with E-state index in [1.807, 2.05) is 23.7 Å². The number of hydrogen-bond acceptors (Lipinski definition) is 4. The molecule has 1 heterocycles. The number of nitrogens with two attached hydrogens (primary N) is 1. The molecular formula is C15H22N4O. The molecular weight excluding hydrogens is 252 g/mol. The number of rotatable bonds is 6. The van der Waals surface area contributed by atoms with E-state index in [9.17, 15) is 0 Å². The zero-order valence-corrected chi connectivity index (χ0v) is 12.3. The lowest BCUT2D eigenvalue weighted by Gasteiger charge is -2.16. The molecule has 108 valence electrons. The first-order valence-corrected chi connectivity index (χ1v) is 6.92. The van der Waals surface area contributed by atoms with Gasteiger partial charge in [0, 0.05) is 24.6 Å². The van der Waals surface area contributed by atoms with Gasteiger partial charge in [-0.1, -0.05) is 19.1 Å². The van der Waals surface area contributed by atoms with Crippen molar-refractivity contribution in [2.24, 2.45) is 5.73 Å². The van der Waals surface area contributed by atoms with Gasteiger partial charge in [0.25, 0.3) is 0 Å². The summed E-state index contributed by atoms with van der Waals surface area (Å²) >= 11 is 0. The standard InChI is InChI=1S/C15H22N4O/c1-4-7-19-15(17-10-18-19)9-13(16)12-6-5-11(2)8-14(12)20-3/h5-6,8,10,13H,4,7,9,16H2,1-3H3. The lowest BCUT2D eigenvalue weighted by Crippen LogP contribution is -2.18. The molecule has 0 saturated heterocycles. The van der Waals surface area contributed by atoms with Gasteiger partial charge in [-0.05, 0) is 25.0 Å². The minimum absolute atomic E-state index is 0.148. The van der Waals surface area contributed by atoms with E-state index in [1.165, 1.54) is 0 Å². The maximum absolute atomic E-state index is 6.32. The van der Waals surface area contributed by atoms with E-state index in [4.69, 9.17) is 10.5 Å². The van der Waals surface area contributed by atoms with Gasteiger partial charge >= 0.3 is 0 Å². The highest BCUT2D eigenvalue weighted by molar-refractivity contribution is 5.39. The summed E-state index contributed by atoms with van der Waals surface area (Å²) in [5.74, 6) is 1.75. The molecule has 0 saturated carbocycles. The third-order valence-electron chi connectivity index (χ3n) is 3.32. The van der Waals surface area contributed by atoms with Crippen LogP contribution < -0.4 is 10.5 Å². The van der Waals surface area contributed by atoms with Crippen molar-refractivity contribution in [1.82, 2.24) is 14.8 Å². The summed E-state index contributed by atoms with van der Waals surface area (Å²) in [6, 6.07) is 5.94. The number of nitrogens with zero attached hydrogens (tertiary/aromatic N) is 3. The van der Waals surface area contributed by atoms with Gasteiger partial charge in [0.05, 0.1) is 7.11 Å². The molecule has 0 amide bonds. The van der Waals surface area contributed by atoms with Gasteiger partial charge in [-0.25, -0.2) is 4.98 Å². The van der Waals surface area contributed by atoms with Crippen molar-refractivity contribution in [2.75, 3.05) is 7.11 Å². The van der Waals surface area contributed by atoms with E-state index in [2.05, 4.69) is 23.1 Å². The maximum Gasteiger partial charge on any atom is 0.138 e. The van der Waals surface area contributed by atoms with Crippen LogP contribution in [0.5, 0.6) is 5.75 Å². The lowest BCUT2D eigenvalue weighted by molar-refractivity contribution is 0.404. The van der Waals surface area contributed by atoms with Crippen LogP contribution in [0, 0.1) is 6.92 Å². The Morgan fingerprint density at radius 1 is 1.40 bits per heavy atom. The normalized spacial score (nSPS) is 12.4. The predicted molar refractivity (Wildman–Crippen MR) is 78.7 cm³/mol. The third-order valence-corrected chi connectivity index (χ3v) is 3.32. The predicted octanol–water partition coefficient (Wildman–Crippen LogP) is 2.25. The van der Waals surface area contributed by atoms with Gasteiger partial charge < -0.3 is 10.5 Å². The second-order valence-electron chi connectivity index (χ2n) is 4.96. The molecule has 0 spiro atoms. The molecule has 1 unspecified atom stereocenters. The van der Waals surface area contributed by atoms with E-state index in [-0.39, 0.29) is 6.04 Å². The van der Waals surface area contributed by atoms with Crippen LogP contribution in [-0.4, -0.2) is 21.9 Å². The Kier molecular flexibility index (Phi) is 4.74. The third kappa shape index (κ3) is 3.17. The van der Waals surface area contributed by atoms with Crippen LogP contribution in [0.3, 0.4) is 0 Å². The maximum atomic E-state index is 6.32. The first kappa shape index (κ1) is 14.5. The topological polar surface area (TPSA) is 66.0 Å². The van der Waals surface area contributed by atoms with Crippen molar-refractivity contribution in [3.8, 4) is 5.75 Å². The van der Waals surface area contributed by atoms with Crippen molar-refractivity contribution < 1.29 is 4.74 Å². The molecule has 1 atom stereocenters. The fourth-order valence-electron chi connectivity index (χ4n) is 2.28. The summed E-state index contributed by atoms with van der Waals surface area (Å²) in [4.78, 5) is 4.30. The number of benzene rings is 1. The highest BCUT2D eigenvalue weighted by Gasteiger charge is 2.15. The Labute approximate surface area is 119 Å². The molecule has 1 aromatic heterocycles. The van der Waals surface area contributed by atoms with Crippen LogP contribution >= 0.6 is 0 Å². The fourth-order valence-corrected chi connectivity index (χ4v) is 2.28. The van der Waals surface area contributed by atoms with Gasteiger partial charge in [0.15, 0.2) is 0 Å². The molecule has 2 rings (SSSR count). The molecule has 0 aliphatic rings. The summed E-state index contributed by atoms with van der Waals surface area (Å²) in [6.45, 7) is 5.02. The molecule has 5 heteroatoms. The van der Waals surface area contributed by atoms with Gasteiger partial charge in [-0.15, -0.1) is 0 Å². The van der Waals surface area contributed by atoms with E-state index in [0.717, 1.165) is 35.7 Å². The van der Waals surface area contributed by atoms with Gasteiger partial charge in [-0.2, -0.15) is 5.10 Å².